The van der Waals surface area contributed by atoms with Crippen LogP contribution in [0.25, 0.3) is 0 Å². The van der Waals surface area contributed by atoms with Crippen LogP contribution in [0.3, 0.4) is 0 Å². The number of nitrogens with one attached hydrogen (secondary N) is 1. The number of hydrogen-bond acceptors (Lipinski definition) is 4. The van der Waals surface area contributed by atoms with Gasteiger partial charge in [-0.05, 0) is 25.8 Å². The fraction of sp³-hybridized carbons (Fsp3) is 0.867. The minimum Gasteiger partial charge on any atom is -0.377 e. The van der Waals surface area contributed by atoms with E-state index in [-0.39, 0.29) is 12.1 Å². The monoisotopic (exact) mass is 282 g/mol. The molecule has 0 aliphatic heterocycles. The van der Waals surface area contributed by atoms with Gasteiger partial charge in [-0.15, -0.1) is 0 Å². The normalized spacial score (nSPS) is 14.7. The third-order valence-corrected chi connectivity index (χ3v) is 3.41. The van der Waals surface area contributed by atoms with Gasteiger partial charge in [-0.2, -0.15) is 5.10 Å². The molecule has 2 unspecified atom stereocenters. The van der Waals surface area contributed by atoms with Crippen molar-refractivity contribution in [2.45, 2.75) is 66.2 Å². The molecular weight excluding hydrogens is 252 g/mol. The SMILES string of the molecule is CCCn1ncnc1CC(NCC)C(OCC)C(C)C. The quantitative estimate of drug-likeness (QED) is 0.715. The summed E-state index contributed by atoms with van der Waals surface area (Å²) in [7, 11) is 0. The number of ether oxygens (including phenoxy) is 1. The predicted octanol–water partition coefficient (Wildman–Crippen LogP) is 2.27. The van der Waals surface area contributed by atoms with E-state index >= 15 is 0 Å². The first-order valence-corrected chi connectivity index (χ1v) is 7.85. The molecule has 1 aromatic heterocycles. The molecule has 1 heterocycles. The van der Waals surface area contributed by atoms with E-state index in [1.54, 1.807) is 6.33 Å². The lowest BCUT2D eigenvalue weighted by molar-refractivity contribution is 0.00328. The summed E-state index contributed by atoms with van der Waals surface area (Å²) in [6.45, 7) is 13.4. The van der Waals surface area contributed by atoms with E-state index in [1.807, 2.05) is 4.68 Å². The van der Waals surface area contributed by atoms with Crippen LogP contribution in [0.1, 0.15) is 46.9 Å². The zero-order valence-corrected chi connectivity index (χ0v) is 13.6. The van der Waals surface area contributed by atoms with Crippen molar-refractivity contribution in [3.63, 3.8) is 0 Å². The zero-order chi connectivity index (χ0) is 15.0. The van der Waals surface area contributed by atoms with E-state index in [1.165, 1.54) is 0 Å². The maximum absolute atomic E-state index is 5.95. The highest BCUT2D eigenvalue weighted by molar-refractivity contribution is 4.93. The minimum absolute atomic E-state index is 0.201. The third-order valence-electron chi connectivity index (χ3n) is 3.41. The lowest BCUT2D eigenvalue weighted by atomic mass is 9.96. The smallest absolute Gasteiger partial charge is 0.138 e. The largest absolute Gasteiger partial charge is 0.377 e. The Morgan fingerprint density at radius 2 is 2.05 bits per heavy atom. The summed E-state index contributed by atoms with van der Waals surface area (Å²) in [5, 5.41) is 7.86. The van der Waals surface area contributed by atoms with Gasteiger partial charge in [0.15, 0.2) is 0 Å². The highest BCUT2D eigenvalue weighted by Crippen LogP contribution is 2.15. The van der Waals surface area contributed by atoms with Crippen molar-refractivity contribution >= 4 is 0 Å². The number of aromatic nitrogens is 3. The second-order valence-corrected chi connectivity index (χ2v) is 5.43. The number of aryl methyl sites for hydroxylation is 1. The lowest BCUT2D eigenvalue weighted by Crippen LogP contribution is -2.46. The molecule has 20 heavy (non-hydrogen) atoms. The first-order valence-electron chi connectivity index (χ1n) is 7.85. The van der Waals surface area contributed by atoms with Crippen LogP contribution >= 0.6 is 0 Å². The molecular formula is C15H30N4O. The third kappa shape index (κ3) is 4.87. The fourth-order valence-electron chi connectivity index (χ4n) is 2.57. The maximum Gasteiger partial charge on any atom is 0.138 e. The van der Waals surface area contributed by atoms with Crippen molar-refractivity contribution in [1.82, 2.24) is 20.1 Å². The van der Waals surface area contributed by atoms with Crippen LogP contribution in [-0.2, 0) is 17.7 Å². The first kappa shape index (κ1) is 17.1. The molecule has 1 aromatic rings. The van der Waals surface area contributed by atoms with Crippen LogP contribution in [0.5, 0.6) is 0 Å². The molecule has 0 aliphatic carbocycles. The molecule has 0 aromatic carbocycles. The topological polar surface area (TPSA) is 52.0 Å². The summed E-state index contributed by atoms with van der Waals surface area (Å²) < 4.78 is 7.95. The van der Waals surface area contributed by atoms with Gasteiger partial charge in [0, 0.05) is 25.6 Å². The molecule has 116 valence electrons. The van der Waals surface area contributed by atoms with Crippen LogP contribution < -0.4 is 5.32 Å². The molecule has 0 aliphatic rings. The van der Waals surface area contributed by atoms with Crippen molar-refractivity contribution in [2.24, 2.45) is 5.92 Å². The van der Waals surface area contributed by atoms with Gasteiger partial charge in [0.25, 0.3) is 0 Å². The zero-order valence-electron chi connectivity index (χ0n) is 13.6. The molecule has 1 rings (SSSR count). The average Bonchev–Trinajstić information content (AvgIpc) is 2.83. The van der Waals surface area contributed by atoms with Crippen LogP contribution in [0.4, 0.5) is 0 Å². The molecule has 0 bridgehead atoms. The second kappa shape index (κ2) is 9.08. The highest BCUT2D eigenvalue weighted by atomic mass is 16.5. The van der Waals surface area contributed by atoms with Gasteiger partial charge < -0.3 is 10.1 Å². The fourth-order valence-corrected chi connectivity index (χ4v) is 2.57. The first-order chi connectivity index (χ1) is 9.63. The van der Waals surface area contributed by atoms with Gasteiger partial charge in [-0.25, -0.2) is 4.98 Å². The van der Waals surface area contributed by atoms with Gasteiger partial charge in [0.1, 0.15) is 12.2 Å². The molecule has 5 nitrogen and oxygen atoms in total. The maximum atomic E-state index is 5.95. The van der Waals surface area contributed by atoms with E-state index in [4.69, 9.17) is 4.74 Å². The Labute approximate surface area is 123 Å². The molecule has 1 N–H and O–H groups in total. The molecule has 0 spiro atoms. The molecule has 0 saturated carbocycles. The summed E-state index contributed by atoms with van der Waals surface area (Å²) in [4.78, 5) is 4.42. The van der Waals surface area contributed by atoms with Crippen molar-refractivity contribution in [2.75, 3.05) is 13.2 Å². The Kier molecular flexibility index (Phi) is 7.77. The standard InChI is InChI=1S/C15H30N4O/c1-6-9-19-14(17-11-18-19)10-13(16-7-2)15(12(4)5)20-8-3/h11-13,15-16H,6-10H2,1-5H3. The summed E-state index contributed by atoms with van der Waals surface area (Å²) in [6, 6.07) is 0.278. The van der Waals surface area contributed by atoms with E-state index in [0.29, 0.717) is 5.92 Å². The molecule has 2 atom stereocenters. The van der Waals surface area contributed by atoms with E-state index in [2.05, 4.69) is 50.0 Å². The minimum atomic E-state index is 0.201. The van der Waals surface area contributed by atoms with Crippen LogP contribution in [0, 0.1) is 5.92 Å². The Balaban J connectivity index is 2.81. The Hall–Kier alpha value is -0.940. The predicted molar refractivity (Wildman–Crippen MR) is 81.7 cm³/mol. The van der Waals surface area contributed by atoms with Gasteiger partial charge >= 0.3 is 0 Å². The van der Waals surface area contributed by atoms with Crippen molar-refractivity contribution in [3.05, 3.63) is 12.2 Å². The summed E-state index contributed by atoms with van der Waals surface area (Å²) >= 11 is 0. The van der Waals surface area contributed by atoms with Crippen LogP contribution in [-0.4, -0.2) is 40.1 Å². The van der Waals surface area contributed by atoms with Crippen molar-refractivity contribution < 1.29 is 4.74 Å². The molecule has 0 saturated heterocycles. The van der Waals surface area contributed by atoms with Gasteiger partial charge in [-0.3, -0.25) is 4.68 Å². The Bertz CT molecular complexity index is 365. The van der Waals surface area contributed by atoms with Crippen molar-refractivity contribution in [1.29, 1.82) is 0 Å². The van der Waals surface area contributed by atoms with Gasteiger partial charge in [0.2, 0.25) is 0 Å². The lowest BCUT2D eigenvalue weighted by Gasteiger charge is -2.30. The average molecular weight is 282 g/mol. The molecule has 0 fully saturated rings. The summed E-state index contributed by atoms with van der Waals surface area (Å²) in [5.41, 5.74) is 0. The summed E-state index contributed by atoms with van der Waals surface area (Å²) in [5.74, 6) is 1.52. The van der Waals surface area contributed by atoms with Gasteiger partial charge in [0.05, 0.1) is 6.10 Å². The highest BCUT2D eigenvalue weighted by Gasteiger charge is 2.26. The molecule has 0 radical (unpaired) electrons. The van der Waals surface area contributed by atoms with Gasteiger partial charge in [-0.1, -0.05) is 27.7 Å². The molecule has 5 heteroatoms. The van der Waals surface area contributed by atoms with E-state index < -0.39 is 0 Å². The Morgan fingerprint density at radius 1 is 1.30 bits per heavy atom. The van der Waals surface area contributed by atoms with Crippen LogP contribution in [0.15, 0.2) is 6.33 Å². The number of hydrogen-bond donors (Lipinski definition) is 1. The Morgan fingerprint density at radius 3 is 2.60 bits per heavy atom. The van der Waals surface area contributed by atoms with Crippen LogP contribution in [0.2, 0.25) is 0 Å². The summed E-state index contributed by atoms with van der Waals surface area (Å²) in [6.07, 6.45) is 3.78. The van der Waals surface area contributed by atoms with Crippen molar-refractivity contribution in [3.8, 4) is 0 Å². The number of rotatable bonds is 10. The second-order valence-electron chi connectivity index (χ2n) is 5.43. The number of nitrogens with zero attached hydrogens (tertiary/aromatic N) is 3. The van der Waals surface area contributed by atoms with E-state index in [9.17, 15) is 0 Å². The number of likely N-dealkylation sites (N-methyl/N-ethyl adjacent to an activating group) is 1. The molecule has 0 amide bonds. The van der Waals surface area contributed by atoms with E-state index in [0.717, 1.165) is 38.4 Å².